The molecule has 0 aromatic heterocycles. The Morgan fingerprint density at radius 3 is 2.52 bits per heavy atom. The van der Waals surface area contributed by atoms with Gasteiger partial charge in [0.2, 0.25) is 5.91 Å². The fourth-order valence-corrected chi connectivity index (χ4v) is 3.32. The summed E-state index contributed by atoms with van der Waals surface area (Å²) in [6.45, 7) is 2.54. The molecular formula is C17H22F2N2O4. The van der Waals surface area contributed by atoms with Gasteiger partial charge in [-0.05, 0) is 17.7 Å². The molecule has 6 nitrogen and oxygen atoms in total. The van der Waals surface area contributed by atoms with E-state index in [4.69, 9.17) is 4.74 Å². The lowest BCUT2D eigenvalue weighted by molar-refractivity contribution is -0.144. The van der Waals surface area contributed by atoms with Crippen LogP contribution in [0.4, 0.5) is 8.78 Å². The van der Waals surface area contributed by atoms with E-state index in [0.717, 1.165) is 12.1 Å². The van der Waals surface area contributed by atoms with E-state index in [1.807, 2.05) is 4.90 Å². The van der Waals surface area contributed by atoms with Crippen LogP contribution in [0.25, 0.3) is 0 Å². The van der Waals surface area contributed by atoms with Crippen molar-refractivity contribution >= 4 is 5.91 Å². The van der Waals surface area contributed by atoms with Crippen molar-refractivity contribution in [3.05, 3.63) is 35.4 Å². The first-order chi connectivity index (χ1) is 12.0. The van der Waals surface area contributed by atoms with E-state index in [0.29, 0.717) is 38.3 Å². The minimum absolute atomic E-state index is 0.0189. The first-order valence-corrected chi connectivity index (χ1v) is 8.35. The number of hydrogen-bond donors (Lipinski definition) is 2. The molecule has 0 saturated carbocycles. The number of benzene rings is 1. The van der Waals surface area contributed by atoms with Crippen LogP contribution in [0.5, 0.6) is 0 Å². The van der Waals surface area contributed by atoms with E-state index in [1.165, 1.54) is 6.07 Å². The van der Waals surface area contributed by atoms with Gasteiger partial charge in [-0.15, -0.1) is 0 Å². The summed E-state index contributed by atoms with van der Waals surface area (Å²) >= 11 is 0. The van der Waals surface area contributed by atoms with E-state index in [1.54, 1.807) is 4.90 Å². The quantitative estimate of drug-likeness (QED) is 0.783. The molecule has 3 rings (SSSR count). The number of nitrogens with zero attached hydrogens (tertiary/aromatic N) is 2. The van der Waals surface area contributed by atoms with Crippen LogP contribution >= 0.6 is 0 Å². The first kappa shape index (κ1) is 18.2. The number of aliphatic hydroxyl groups is 2. The van der Waals surface area contributed by atoms with E-state index in [2.05, 4.69) is 0 Å². The topological polar surface area (TPSA) is 73.2 Å². The minimum Gasteiger partial charge on any atom is -0.389 e. The highest BCUT2D eigenvalue weighted by atomic mass is 19.2. The Hall–Kier alpha value is -1.61. The summed E-state index contributed by atoms with van der Waals surface area (Å²) in [6.07, 6.45) is -1.74. The van der Waals surface area contributed by atoms with Gasteiger partial charge in [-0.3, -0.25) is 9.69 Å². The van der Waals surface area contributed by atoms with Crippen molar-refractivity contribution in [2.45, 2.75) is 24.7 Å². The molecule has 25 heavy (non-hydrogen) atoms. The van der Waals surface area contributed by atoms with Crippen LogP contribution in [0.15, 0.2) is 18.2 Å². The molecule has 2 fully saturated rings. The Kier molecular flexibility index (Phi) is 5.63. The molecule has 2 aliphatic heterocycles. The highest BCUT2D eigenvalue weighted by Crippen LogP contribution is 2.18. The number of ether oxygens (including phenoxy) is 1. The molecule has 0 spiro atoms. The molecule has 0 radical (unpaired) electrons. The van der Waals surface area contributed by atoms with E-state index in [9.17, 15) is 23.8 Å². The zero-order chi connectivity index (χ0) is 18.0. The second kappa shape index (κ2) is 7.74. The van der Waals surface area contributed by atoms with Crippen LogP contribution in [0.1, 0.15) is 5.56 Å². The average molecular weight is 356 g/mol. The van der Waals surface area contributed by atoms with Gasteiger partial charge in [0.05, 0.1) is 31.8 Å². The van der Waals surface area contributed by atoms with Crippen LogP contribution in [0, 0.1) is 11.6 Å². The molecule has 2 N–H and O–H groups in total. The summed E-state index contributed by atoms with van der Waals surface area (Å²) in [5.41, 5.74) is 0.436. The fraction of sp³-hybridized carbons (Fsp3) is 0.588. The van der Waals surface area contributed by atoms with Crippen molar-refractivity contribution < 1.29 is 28.5 Å². The second-order valence-corrected chi connectivity index (χ2v) is 6.50. The summed E-state index contributed by atoms with van der Waals surface area (Å²) in [7, 11) is 0. The van der Waals surface area contributed by atoms with Crippen LogP contribution in [-0.2, 0) is 16.0 Å². The van der Waals surface area contributed by atoms with Crippen molar-refractivity contribution in [2.24, 2.45) is 0 Å². The van der Waals surface area contributed by atoms with Crippen molar-refractivity contribution in [1.82, 2.24) is 9.80 Å². The molecule has 3 atom stereocenters. The maximum absolute atomic E-state index is 13.2. The maximum atomic E-state index is 13.2. The van der Waals surface area contributed by atoms with Crippen molar-refractivity contribution in [3.63, 3.8) is 0 Å². The number of carbonyl (C=O) groups is 1. The molecule has 1 aromatic rings. The van der Waals surface area contributed by atoms with Gasteiger partial charge in [0.15, 0.2) is 11.6 Å². The Bertz CT molecular complexity index is 623. The van der Waals surface area contributed by atoms with E-state index >= 15 is 0 Å². The van der Waals surface area contributed by atoms with E-state index in [-0.39, 0.29) is 25.0 Å². The van der Waals surface area contributed by atoms with Gasteiger partial charge in [-0.2, -0.15) is 0 Å². The maximum Gasteiger partial charge on any atom is 0.227 e. The molecule has 2 heterocycles. The molecule has 2 aliphatic rings. The zero-order valence-electron chi connectivity index (χ0n) is 13.8. The molecule has 2 saturated heterocycles. The van der Waals surface area contributed by atoms with Gasteiger partial charge in [0, 0.05) is 26.2 Å². The first-order valence-electron chi connectivity index (χ1n) is 8.35. The predicted octanol–water partition coefficient (Wildman–Crippen LogP) is -0.228. The predicted molar refractivity (Wildman–Crippen MR) is 84.8 cm³/mol. The largest absolute Gasteiger partial charge is 0.389 e. The number of rotatable bonds is 3. The summed E-state index contributed by atoms with van der Waals surface area (Å²) in [6, 6.07) is 3.18. The third-order valence-electron chi connectivity index (χ3n) is 4.84. The minimum atomic E-state index is -0.958. The van der Waals surface area contributed by atoms with Crippen molar-refractivity contribution in [3.8, 4) is 0 Å². The lowest BCUT2D eigenvalue weighted by atomic mass is 10.0. The van der Waals surface area contributed by atoms with E-state index < -0.39 is 23.8 Å². The van der Waals surface area contributed by atoms with Gasteiger partial charge in [-0.25, -0.2) is 8.78 Å². The van der Waals surface area contributed by atoms with Crippen LogP contribution in [0.2, 0.25) is 0 Å². The summed E-state index contributed by atoms with van der Waals surface area (Å²) in [4.78, 5) is 16.0. The Labute approximate surface area is 144 Å². The zero-order valence-corrected chi connectivity index (χ0v) is 13.8. The van der Waals surface area contributed by atoms with Crippen LogP contribution < -0.4 is 0 Å². The third-order valence-corrected chi connectivity index (χ3v) is 4.84. The molecule has 0 aliphatic carbocycles. The van der Waals surface area contributed by atoms with Gasteiger partial charge in [0.1, 0.15) is 6.10 Å². The Balaban J connectivity index is 1.53. The van der Waals surface area contributed by atoms with Crippen molar-refractivity contribution in [2.75, 3.05) is 39.4 Å². The SMILES string of the molecule is O=C(Cc1ccc(F)c(F)c1)N1CCN([C@@H]2COC[C@@H](O)[C@H]2O)CC1. The van der Waals surface area contributed by atoms with Gasteiger partial charge in [0.25, 0.3) is 0 Å². The summed E-state index contributed by atoms with van der Waals surface area (Å²) in [5.74, 6) is -2.04. The lowest BCUT2D eigenvalue weighted by Crippen LogP contribution is -2.60. The van der Waals surface area contributed by atoms with Crippen LogP contribution in [0.3, 0.4) is 0 Å². The molecule has 0 unspecified atom stereocenters. The number of amides is 1. The Morgan fingerprint density at radius 2 is 1.84 bits per heavy atom. The molecule has 0 bridgehead atoms. The molecule has 8 heteroatoms. The second-order valence-electron chi connectivity index (χ2n) is 6.50. The molecule has 1 aromatic carbocycles. The average Bonchev–Trinajstić information content (AvgIpc) is 2.61. The highest BCUT2D eigenvalue weighted by Gasteiger charge is 2.37. The molecular weight excluding hydrogens is 334 g/mol. The van der Waals surface area contributed by atoms with Gasteiger partial charge < -0.3 is 19.8 Å². The summed E-state index contributed by atoms with van der Waals surface area (Å²) in [5, 5.41) is 19.8. The smallest absolute Gasteiger partial charge is 0.227 e. The van der Waals surface area contributed by atoms with Gasteiger partial charge in [-0.1, -0.05) is 6.07 Å². The number of hydrogen-bond acceptors (Lipinski definition) is 5. The fourth-order valence-electron chi connectivity index (χ4n) is 3.32. The normalized spacial score (nSPS) is 28.2. The third kappa shape index (κ3) is 4.14. The number of carbonyl (C=O) groups excluding carboxylic acids is 1. The van der Waals surface area contributed by atoms with Crippen LogP contribution in [-0.4, -0.2) is 83.6 Å². The number of halogens is 2. The summed E-state index contributed by atoms with van der Waals surface area (Å²) < 4.78 is 31.5. The molecule has 1 amide bonds. The van der Waals surface area contributed by atoms with Crippen molar-refractivity contribution in [1.29, 1.82) is 0 Å². The monoisotopic (exact) mass is 356 g/mol. The highest BCUT2D eigenvalue weighted by molar-refractivity contribution is 5.78. The lowest BCUT2D eigenvalue weighted by Gasteiger charge is -2.43. The number of piperazine rings is 1. The Morgan fingerprint density at radius 1 is 1.12 bits per heavy atom. The van der Waals surface area contributed by atoms with Gasteiger partial charge >= 0.3 is 0 Å². The number of aliphatic hydroxyl groups excluding tert-OH is 2. The molecule has 138 valence electrons. The standard InChI is InChI=1S/C17H22F2N2O4/c18-12-2-1-11(7-13(12)19)8-16(23)21-5-3-20(4-6-21)14-9-25-10-15(22)17(14)24/h1-2,7,14-15,17,22,24H,3-6,8-10H2/t14-,15-,17+/m1/s1.